The lowest BCUT2D eigenvalue weighted by molar-refractivity contribution is 0.185. The van der Waals surface area contributed by atoms with Gasteiger partial charge in [-0.15, -0.1) is 0 Å². The summed E-state index contributed by atoms with van der Waals surface area (Å²) in [5.41, 5.74) is 0.997. The number of anilines is 1. The van der Waals surface area contributed by atoms with Crippen LogP contribution in [0, 0.1) is 12.8 Å². The van der Waals surface area contributed by atoms with Gasteiger partial charge in [0.05, 0.1) is 0 Å². The maximum absolute atomic E-state index is 5.32. The van der Waals surface area contributed by atoms with Gasteiger partial charge in [-0.05, 0) is 31.7 Å². The summed E-state index contributed by atoms with van der Waals surface area (Å²) in [4.78, 5) is 8.43. The minimum Gasteiger partial charge on any atom is -0.381 e. The molecular formula is C11H17N3O. The first-order valence-electron chi connectivity index (χ1n) is 5.46. The third-order valence-corrected chi connectivity index (χ3v) is 2.65. The number of nitrogens with one attached hydrogen (secondary N) is 1. The van der Waals surface area contributed by atoms with Crippen LogP contribution in [-0.4, -0.2) is 29.7 Å². The number of nitrogens with zero attached hydrogens (tertiary/aromatic N) is 2. The van der Waals surface area contributed by atoms with E-state index in [2.05, 4.69) is 15.3 Å². The van der Waals surface area contributed by atoms with Crippen LogP contribution >= 0.6 is 0 Å². The van der Waals surface area contributed by atoms with Gasteiger partial charge < -0.3 is 10.1 Å². The zero-order chi connectivity index (χ0) is 10.5. The second kappa shape index (κ2) is 5.07. The molecule has 1 unspecified atom stereocenters. The predicted molar refractivity (Wildman–Crippen MR) is 58.8 cm³/mol. The van der Waals surface area contributed by atoms with Crippen molar-refractivity contribution in [3.05, 3.63) is 18.0 Å². The van der Waals surface area contributed by atoms with Crippen molar-refractivity contribution in [3.63, 3.8) is 0 Å². The number of hydrogen-bond donors (Lipinski definition) is 1. The SMILES string of the molecule is Cc1ccnc(NCCC2CCOC2)n1. The number of rotatable bonds is 4. The summed E-state index contributed by atoms with van der Waals surface area (Å²) in [7, 11) is 0. The lowest BCUT2D eigenvalue weighted by Gasteiger charge is -2.08. The van der Waals surface area contributed by atoms with Crippen molar-refractivity contribution in [2.45, 2.75) is 19.8 Å². The maximum Gasteiger partial charge on any atom is 0.222 e. The van der Waals surface area contributed by atoms with Gasteiger partial charge in [0.1, 0.15) is 0 Å². The molecule has 1 aliphatic rings. The molecule has 0 radical (unpaired) electrons. The Hall–Kier alpha value is -1.16. The third kappa shape index (κ3) is 3.16. The maximum atomic E-state index is 5.32. The summed E-state index contributed by atoms with van der Waals surface area (Å²) in [5.74, 6) is 1.44. The molecule has 0 aromatic carbocycles. The van der Waals surface area contributed by atoms with Crippen LogP contribution in [0.25, 0.3) is 0 Å². The van der Waals surface area contributed by atoms with Crippen LogP contribution in [0.15, 0.2) is 12.3 Å². The normalized spacial score (nSPS) is 20.5. The average Bonchev–Trinajstić information content (AvgIpc) is 2.71. The molecule has 0 spiro atoms. The van der Waals surface area contributed by atoms with E-state index in [1.165, 1.54) is 6.42 Å². The topological polar surface area (TPSA) is 47.0 Å². The molecule has 0 saturated carbocycles. The highest BCUT2D eigenvalue weighted by Gasteiger charge is 2.14. The molecular weight excluding hydrogens is 190 g/mol. The zero-order valence-electron chi connectivity index (χ0n) is 9.07. The van der Waals surface area contributed by atoms with E-state index in [0.29, 0.717) is 5.92 Å². The van der Waals surface area contributed by atoms with E-state index >= 15 is 0 Å². The highest BCUT2D eigenvalue weighted by atomic mass is 16.5. The molecule has 2 heterocycles. The Balaban J connectivity index is 1.73. The van der Waals surface area contributed by atoms with Gasteiger partial charge in [0.15, 0.2) is 0 Å². The van der Waals surface area contributed by atoms with Crippen molar-refractivity contribution in [3.8, 4) is 0 Å². The molecule has 4 nitrogen and oxygen atoms in total. The molecule has 2 rings (SSSR count). The lowest BCUT2D eigenvalue weighted by atomic mass is 10.1. The van der Waals surface area contributed by atoms with E-state index in [1.54, 1.807) is 6.20 Å². The number of aryl methyl sites for hydroxylation is 1. The molecule has 15 heavy (non-hydrogen) atoms. The van der Waals surface area contributed by atoms with Crippen molar-refractivity contribution >= 4 is 5.95 Å². The summed E-state index contributed by atoms with van der Waals surface area (Å²) >= 11 is 0. The largest absolute Gasteiger partial charge is 0.381 e. The van der Waals surface area contributed by atoms with Gasteiger partial charge in [0.2, 0.25) is 5.95 Å². The molecule has 0 amide bonds. The minimum atomic E-state index is 0.710. The van der Waals surface area contributed by atoms with Crippen LogP contribution < -0.4 is 5.32 Å². The average molecular weight is 207 g/mol. The van der Waals surface area contributed by atoms with Gasteiger partial charge in [-0.25, -0.2) is 9.97 Å². The fourth-order valence-corrected chi connectivity index (χ4v) is 1.73. The molecule has 1 aromatic heterocycles. The van der Waals surface area contributed by atoms with Crippen LogP contribution in [0.2, 0.25) is 0 Å². The molecule has 0 aliphatic carbocycles. The molecule has 1 fully saturated rings. The van der Waals surface area contributed by atoms with Crippen molar-refractivity contribution < 1.29 is 4.74 Å². The van der Waals surface area contributed by atoms with Gasteiger partial charge in [-0.3, -0.25) is 0 Å². The number of aromatic nitrogens is 2. The Bertz CT molecular complexity index is 310. The van der Waals surface area contributed by atoms with Gasteiger partial charge >= 0.3 is 0 Å². The smallest absolute Gasteiger partial charge is 0.222 e. The van der Waals surface area contributed by atoms with E-state index in [0.717, 1.165) is 37.8 Å². The van der Waals surface area contributed by atoms with E-state index in [-0.39, 0.29) is 0 Å². The molecule has 0 bridgehead atoms. The Morgan fingerprint density at radius 3 is 3.27 bits per heavy atom. The van der Waals surface area contributed by atoms with Crippen molar-refractivity contribution in [2.75, 3.05) is 25.1 Å². The van der Waals surface area contributed by atoms with E-state index in [1.807, 2.05) is 13.0 Å². The van der Waals surface area contributed by atoms with E-state index < -0.39 is 0 Å². The highest BCUT2D eigenvalue weighted by molar-refractivity contribution is 5.24. The van der Waals surface area contributed by atoms with Crippen LogP contribution in [0.5, 0.6) is 0 Å². The molecule has 1 atom stereocenters. The molecule has 1 aliphatic heterocycles. The van der Waals surface area contributed by atoms with Gasteiger partial charge in [0.25, 0.3) is 0 Å². The van der Waals surface area contributed by atoms with Crippen LogP contribution in [0.1, 0.15) is 18.5 Å². The zero-order valence-corrected chi connectivity index (χ0v) is 9.07. The van der Waals surface area contributed by atoms with Crippen molar-refractivity contribution in [2.24, 2.45) is 5.92 Å². The Labute approximate surface area is 90.1 Å². The van der Waals surface area contributed by atoms with Gasteiger partial charge in [-0.2, -0.15) is 0 Å². The summed E-state index contributed by atoms with van der Waals surface area (Å²) in [6.07, 6.45) is 4.11. The van der Waals surface area contributed by atoms with Gasteiger partial charge in [-0.1, -0.05) is 0 Å². The fraction of sp³-hybridized carbons (Fsp3) is 0.636. The third-order valence-electron chi connectivity index (χ3n) is 2.65. The second-order valence-corrected chi connectivity index (χ2v) is 3.97. The van der Waals surface area contributed by atoms with E-state index in [4.69, 9.17) is 4.74 Å². The Morgan fingerprint density at radius 1 is 1.60 bits per heavy atom. The van der Waals surface area contributed by atoms with Gasteiger partial charge in [0, 0.05) is 31.6 Å². The molecule has 1 aromatic rings. The molecule has 1 N–H and O–H groups in total. The molecule has 1 saturated heterocycles. The summed E-state index contributed by atoms with van der Waals surface area (Å²) in [5, 5.41) is 3.23. The highest BCUT2D eigenvalue weighted by Crippen LogP contribution is 2.15. The Kier molecular flexibility index (Phi) is 3.50. The van der Waals surface area contributed by atoms with Crippen molar-refractivity contribution in [1.82, 2.24) is 9.97 Å². The first kappa shape index (κ1) is 10.4. The van der Waals surface area contributed by atoms with Crippen LogP contribution in [0.3, 0.4) is 0 Å². The fourth-order valence-electron chi connectivity index (χ4n) is 1.73. The lowest BCUT2D eigenvalue weighted by Crippen LogP contribution is -2.11. The standard InChI is InChI=1S/C11H17N3O/c1-9-2-5-12-11(14-9)13-6-3-10-4-7-15-8-10/h2,5,10H,3-4,6-8H2,1H3,(H,12,13,14). The first-order valence-corrected chi connectivity index (χ1v) is 5.46. The van der Waals surface area contributed by atoms with Crippen LogP contribution in [0.4, 0.5) is 5.95 Å². The monoisotopic (exact) mass is 207 g/mol. The first-order chi connectivity index (χ1) is 7.34. The predicted octanol–water partition coefficient (Wildman–Crippen LogP) is 1.62. The minimum absolute atomic E-state index is 0.710. The summed E-state index contributed by atoms with van der Waals surface area (Å²) < 4.78 is 5.32. The number of ether oxygens (including phenoxy) is 1. The molecule has 82 valence electrons. The van der Waals surface area contributed by atoms with Crippen LogP contribution in [-0.2, 0) is 4.74 Å². The summed E-state index contributed by atoms with van der Waals surface area (Å²) in [6.45, 7) is 4.73. The second-order valence-electron chi connectivity index (χ2n) is 3.97. The summed E-state index contributed by atoms with van der Waals surface area (Å²) in [6, 6.07) is 1.90. The van der Waals surface area contributed by atoms with E-state index in [9.17, 15) is 0 Å². The number of hydrogen-bond acceptors (Lipinski definition) is 4. The quantitative estimate of drug-likeness (QED) is 0.815. The van der Waals surface area contributed by atoms with Crippen molar-refractivity contribution in [1.29, 1.82) is 0 Å². The molecule has 4 heteroatoms. The Morgan fingerprint density at radius 2 is 2.53 bits per heavy atom.